The van der Waals surface area contributed by atoms with Gasteiger partial charge in [-0.15, -0.1) is 0 Å². The second-order valence-corrected chi connectivity index (χ2v) is 14.2. The van der Waals surface area contributed by atoms with E-state index >= 15 is 0 Å². The van der Waals surface area contributed by atoms with Crippen LogP contribution in [0.4, 0.5) is 0 Å². The van der Waals surface area contributed by atoms with Gasteiger partial charge in [-0.1, -0.05) is 0 Å². The van der Waals surface area contributed by atoms with Crippen molar-refractivity contribution in [1.29, 1.82) is 0 Å². The highest BCUT2D eigenvalue weighted by atomic mass is 32.2. The van der Waals surface area contributed by atoms with Gasteiger partial charge in [0.15, 0.2) is 5.96 Å². The summed E-state index contributed by atoms with van der Waals surface area (Å²) in [5.41, 5.74) is 10.9. The van der Waals surface area contributed by atoms with Crippen molar-refractivity contribution >= 4 is 59.1 Å². The van der Waals surface area contributed by atoms with E-state index in [9.17, 15) is 43.8 Å². The summed E-state index contributed by atoms with van der Waals surface area (Å²) < 4.78 is 0. The van der Waals surface area contributed by atoms with Gasteiger partial charge in [-0.05, 0) is 76.3 Å². The topological polar surface area (TPSA) is 311 Å². The predicted octanol–water partition coefficient (Wildman–Crippen LogP) is -4.46. The molecule has 6 amide bonds. The third kappa shape index (κ3) is 12.4. The van der Waals surface area contributed by atoms with Crippen molar-refractivity contribution in [1.82, 2.24) is 36.4 Å². The summed E-state index contributed by atoms with van der Waals surface area (Å²) in [5, 5.41) is 41.3. The molecule has 0 aromatic rings. The van der Waals surface area contributed by atoms with Crippen molar-refractivity contribution in [3.8, 4) is 0 Å². The third-order valence-corrected chi connectivity index (χ3v) is 10.1. The van der Waals surface area contributed by atoms with Gasteiger partial charge in [-0.25, -0.2) is 4.79 Å². The molecule has 0 aliphatic carbocycles. The van der Waals surface area contributed by atoms with Crippen LogP contribution in [0.3, 0.4) is 0 Å². The number of hydrogen-bond donors (Lipinski definition) is 10. The molecule has 3 aliphatic heterocycles. The SMILES string of the molecule is CSCC[C@H](NC(=O)[C@@H]1CCCN1)C(=O)N1CCC[C@H]1C(=O)N[C@@H](CCCN=C(N)N)C(=O)N1CCC[C@H]1C(=O)N[C@@H](CO)C(=O)N[C@@H](CO)C(=O)O. The zero-order valence-corrected chi connectivity index (χ0v) is 30.8. The lowest BCUT2D eigenvalue weighted by atomic mass is 10.1. The lowest BCUT2D eigenvalue weighted by molar-refractivity contribution is -0.145. The summed E-state index contributed by atoms with van der Waals surface area (Å²) in [7, 11) is 0. The van der Waals surface area contributed by atoms with Crippen LogP contribution in [0.25, 0.3) is 0 Å². The Kier molecular flexibility index (Phi) is 17.5. The molecule has 3 heterocycles. The number of rotatable bonds is 20. The van der Waals surface area contributed by atoms with Gasteiger partial charge in [-0.2, -0.15) is 11.8 Å². The largest absolute Gasteiger partial charge is 0.480 e. The first-order chi connectivity index (χ1) is 25.3. The fraction of sp³-hybridized carbons (Fsp3) is 0.750. The number of amides is 6. The predicted molar refractivity (Wildman–Crippen MR) is 193 cm³/mol. The number of carboxylic acid groups (broad SMARTS) is 1. The molecule has 0 aromatic heterocycles. The summed E-state index contributed by atoms with van der Waals surface area (Å²) in [6.45, 7) is -0.535. The summed E-state index contributed by atoms with van der Waals surface area (Å²) >= 11 is 1.53. The van der Waals surface area contributed by atoms with Crippen LogP contribution in [-0.4, -0.2) is 166 Å². The lowest BCUT2D eigenvalue weighted by Crippen LogP contribution is -2.59. The molecule has 298 valence electrons. The minimum absolute atomic E-state index is 0.0764. The fourth-order valence-corrected chi connectivity index (χ4v) is 7.10. The number of carboxylic acids is 1. The number of hydrogen-bond acceptors (Lipinski definition) is 12. The second-order valence-electron chi connectivity index (χ2n) is 13.2. The molecule has 21 heteroatoms. The van der Waals surface area contributed by atoms with Crippen molar-refractivity contribution in [2.24, 2.45) is 16.5 Å². The summed E-state index contributed by atoms with van der Waals surface area (Å²) in [4.78, 5) is 98.6. The lowest BCUT2D eigenvalue weighted by Gasteiger charge is -2.32. The zero-order chi connectivity index (χ0) is 39.1. The van der Waals surface area contributed by atoms with E-state index < -0.39 is 79.1 Å². The van der Waals surface area contributed by atoms with Gasteiger partial charge in [0.2, 0.25) is 35.4 Å². The molecule has 3 fully saturated rings. The minimum Gasteiger partial charge on any atom is -0.480 e. The normalized spacial score (nSPS) is 21.9. The molecule has 53 heavy (non-hydrogen) atoms. The highest BCUT2D eigenvalue weighted by molar-refractivity contribution is 7.98. The molecule has 7 atom stereocenters. The molecule has 3 saturated heterocycles. The van der Waals surface area contributed by atoms with E-state index in [4.69, 9.17) is 16.6 Å². The molecule has 12 N–H and O–H groups in total. The molecule has 0 aromatic carbocycles. The van der Waals surface area contributed by atoms with E-state index in [1.54, 1.807) is 0 Å². The number of carbonyl (C=O) groups is 7. The van der Waals surface area contributed by atoms with Crippen LogP contribution in [0, 0.1) is 0 Å². The number of aliphatic carboxylic acids is 1. The Morgan fingerprint density at radius 2 is 1.32 bits per heavy atom. The van der Waals surface area contributed by atoms with E-state index in [2.05, 4.69) is 26.3 Å². The van der Waals surface area contributed by atoms with Gasteiger partial charge < -0.3 is 63.2 Å². The van der Waals surface area contributed by atoms with E-state index in [0.717, 1.165) is 6.42 Å². The minimum atomic E-state index is -1.67. The highest BCUT2D eigenvalue weighted by Crippen LogP contribution is 2.23. The molecular weight excluding hydrogens is 716 g/mol. The van der Waals surface area contributed by atoms with Gasteiger partial charge in [0.05, 0.1) is 19.3 Å². The van der Waals surface area contributed by atoms with Crippen molar-refractivity contribution in [3.63, 3.8) is 0 Å². The van der Waals surface area contributed by atoms with Crippen LogP contribution >= 0.6 is 11.8 Å². The Labute approximate surface area is 312 Å². The number of aliphatic imine (C=N–C) groups is 1. The number of thioether (sulfide) groups is 1. The molecule has 0 saturated carbocycles. The Morgan fingerprint density at radius 3 is 1.81 bits per heavy atom. The standard InChI is InChI=1S/C32H54N10O10S/c1-53-15-10-20(37-25(45)18-6-2-11-35-18)30(50)42-14-4-8-23(42)27(47)38-19(7-3-12-36-32(33)34)29(49)41-13-5-9-24(41)28(48)39-21(16-43)26(46)40-22(17-44)31(51)52/h18-24,35,43-44H,2-17H2,1H3,(H,37,45)(H,38,47)(H,39,48)(H,40,46)(H,51,52)(H4,33,34,36)/t18-,19-,20-,21-,22-,23-,24-/m0/s1. The van der Waals surface area contributed by atoms with E-state index in [-0.39, 0.29) is 62.7 Å². The molecule has 0 bridgehead atoms. The molecular formula is C32H54N10O10S. The average Bonchev–Trinajstić information content (AvgIpc) is 3.94. The number of nitrogens with one attached hydrogen (secondary N) is 5. The molecule has 3 rings (SSSR count). The van der Waals surface area contributed by atoms with Crippen LogP contribution in [0.2, 0.25) is 0 Å². The van der Waals surface area contributed by atoms with Gasteiger partial charge in [0.1, 0.15) is 36.3 Å². The van der Waals surface area contributed by atoms with Crippen LogP contribution in [0.15, 0.2) is 4.99 Å². The summed E-state index contributed by atoms with van der Waals surface area (Å²) in [5.74, 6) is -4.73. The van der Waals surface area contributed by atoms with Gasteiger partial charge >= 0.3 is 5.97 Å². The third-order valence-electron chi connectivity index (χ3n) is 9.45. The first-order valence-corrected chi connectivity index (χ1v) is 19.3. The Balaban J connectivity index is 1.75. The highest BCUT2D eigenvalue weighted by Gasteiger charge is 2.42. The van der Waals surface area contributed by atoms with Gasteiger partial charge in [0, 0.05) is 19.6 Å². The van der Waals surface area contributed by atoms with Gasteiger partial charge in [0.25, 0.3) is 0 Å². The number of guanidine groups is 1. The molecule has 20 nitrogen and oxygen atoms in total. The zero-order valence-electron chi connectivity index (χ0n) is 30.0. The number of nitrogens with two attached hydrogens (primary N) is 2. The maximum atomic E-state index is 14.1. The van der Waals surface area contributed by atoms with E-state index in [0.29, 0.717) is 44.4 Å². The Hall–Kier alpha value is -4.21. The number of likely N-dealkylation sites (tertiary alicyclic amines) is 2. The van der Waals surface area contributed by atoms with Crippen molar-refractivity contribution in [2.75, 3.05) is 51.4 Å². The maximum Gasteiger partial charge on any atom is 0.328 e. The fourth-order valence-electron chi connectivity index (χ4n) is 6.63. The Bertz CT molecular complexity index is 1350. The number of aliphatic hydroxyl groups excluding tert-OH is 2. The van der Waals surface area contributed by atoms with Crippen LogP contribution in [0.1, 0.15) is 57.8 Å². The van der Waals surface area contributed by atoms with Crippen LogP contribution in [0.5, 0.6) is 0 Å². The van der Waals surface area contributed by atoms with E-state index in [1.165, 1.54) is 21.6 Å². The maximum absolute atomic E-state index is 14.1. The number of nitrogens with zero attached hydrogens (tertiary/aromatic N) is 3. The molecule has 0 unspecified atom stereocenters. The van der Waals surface area contributed by atoms with E-state index in [1.807, 2.05) is 11.6 Å². The monoisotopic (exact) mass is 770 g/mol. The summed E-state index contributed by atoms with van der Waals surface area (Å²) in [6, 6.07) is -7.62. The van der Waals surface area contributed by atoms with Crippen molar-refractivity contribution < 1.29 is 48.9 Å². The molecule has 0 spiro atoms. The quantitative estimate of drug-likeness (QED) is 0.0317. The molecule has 3 aliphatic rings. The number of carbonyl (C=O) groups excluding carboxylic acids is 6. The van der Waals surface area contributed by atoms with Crippen molar-refractivity contribution in [2.45, 2.75) is 100 Å². The van der Waals surface area contributed by atoms with Crippen molar-refractivity contribution in [3.05, 3.63) is 0 Å². The number of aliphatic hydroxyl groups is 2. The van der Waals surface area contributed by atoms with Crippen LogP contribution in [-0.2, 0) is 33.6 Å². The Morgan fingerprint density at radius 1 is 0.774 bits per heavy atom. The first-order valence-electron chi connectivity index (χ1n) is 17.9. The molecule has 0 radical (unpaired) electrons. The second kappa shape index (κ2) is 21.5. The average molecular weight is 771 g/mol. The van der Waals surface area contributed by atoms with Crippen LogP contribution < -0.4 is 38.1 Å². The van der Waals surface area contributed by atoms with Gasteiger partial charge in [-0.3, -0.25) is 33.8 Å². The first kappa shape index (κ1) is 43.2. The summed E-state index contributed by atoms with van der Waals surface area (Å²) in [6.07, 6.45) is 5.59. The smallest absolute Gasteiger partial charge is 0.328 e.